The van der Waals surface area contributed by atoms with Crippen LogP contribution in [0, 0.1) is 0 Å². The van der Waals surface area contributed by atoms with Crippen LogP contribution in [0.1, 0.15) is 36.9 Å². The molecule has 0 bridgehead atoms. The first-order chi connectivity index (χ1) is 9.54. The number of hydrogen-bond donors (Lipinski definition) is 1. The van der Waals surface area contributed by atoms with Crippen LogP contribution in [0.4, 0.5) is 13.2 Å². The molecule has 0 aromatic heterocycles. The lowest BCUT2D eigenvalue weighted by atomic mass is 9.94. The van der Waals surface area contributed by atoms with E-state index in [1.807, 2.05) is 6.92 Å². The maximum absolute atomic E-state index is 13.2. The maximum atomic E-state index is 13.2. The number of hydrogen-bond acceptors (Lipinski definition) is 2. The molecule has 1 saturated heterocycles. The lowest BCUT2D eigenvalue weighted by Crippen LogP contribution is -2.45. The molecule has 128 valence electrons. The Morgan fingerprint density at radius 3 is 2.27 bits per heavy atom. The van der Waals surface area contributed by atoms with Gasteiger partial charge in [-0.25, -0.2) is 0 Å². The predicted molar refractivity (Wildman–Crippen MR) is 88.0 cm³/mol. The van der Waals surface area contributed by atoms with Crippen molar-refractivity contribution >= 4 is 24.8 Å². The fourth-order valence-electron chi connectivity index (χ4n) is 2.85. The second-order valence-corrected chi connectivity index (χ2v) is 5.18. The standard InChI is InChI=1S/C15H21F3N2.2ClH/c1-2-5-14(20-10-8-19-9-11-20)12-6-3-4-7-13(12)15(16,17)18;;/h3-4,6-7,14,19H,2,5,8-11H2,1H3;2*1H/t14-;;/m0../s1. The second kappa shape index (κ2) is 9.60. The number of nitrogens with zero attached hydrogens (tertiary/aromatic N) is 1. The zero-order valence-electron chi connectivity index (χ0n) is 12.5. The summed E-state index contributed by atoms with van der Waals surface area (Å²) < 4.78 is 39.6. The lowest BCUT2D eigenvalue weighted by Gasteiger charge is -2.36. The average molecular weight is 359 g/mol. The van der Waals surface area contributed by atoms with E-state index in [4.69, 9.17) is 0 Å². The Morgan fingerprint density at radius 1 is 1.14 bits per heavy atom. The molecular weight excluding hydrogens is 336 g/mol. The van der Waals surface area contributed by atoms with Crippen LogP contribution < -0.4 is 5.32 Å². The van der Waals surface area contributed by atoms with Crippen LogP contribution >= 0.6 is 24.8 Å². The molecule has 1 N–H and O–H groups in total. The summed E-state index contributed by atoms with van der Waals surface area (Å²) in [4.78, 5) is 2.17. The van der Waals surface area contributed by atoms with E-state index in [-0.39, 0.29) is 30.9 Å². The summed E-state index contributed by atoms with van der Waals surface area (Å²) in [6.07, 6.45) is -2.65. The monoisotopic (exact) mass is 358 g/mol. The summed E-state index contributed by atoms with van der Waals surface area (Å²) in [6.45, 7) is 5.31. The van der Waals surface area contributed by atoms with Crippen LogP contribution in [0.5, 0.6) is 0 Å². The van der Waals surface area contributed by atoms with E-state index in [0.717, 1.165) is 39.0 Å². The fraction of sp³-hybridized carbons (Fsp3) is 0.600. The zero-order chi connectivity index (χ0) is 14.6. The highest BCUT2D eigenvalue weighted by Crippen LogP contribution is 2.37. The number of piperazine rings is 1. The van der Waals surface area contributed by atoms with E-state index >= 15 is 0 Å². The quantitative estimate of drug-likeness (QED) is 0.863. The molecule has 1 aliphatic rings. The molecule has 1 aliphatic heterocycles. The molecule has 1 aromatic carbocycles. The molecule has 0 unspecified atom stereocenters. The van der Waals surface area contributed by atoms with Crippen molar-refractivity contribution < 1.29 is 13.2 Å². The van der Waals surface area contributed by atoms with Gasteiger partial charge in [0.1, 0.15) is 0 Å². The summed E-state index contributed by atoms with van der Waals surface area (Å²) in [5.74, 6) is 0. The molecule has 0 amide bonds. The molecule has 1 atom stereocenters. The minimum absolute atomic E-state index is 0. The van der Waals surface area contributed by atoms with Crippen molar-refractivity contribution in [1.29, 1.82) is 0 Å². The normalized spacial score (nSPS) is 17.3. The Bertz CT molecular complexity index is 435. The summed E-state index contributed by atoms with van der Waals surface area (Å²) in [6, 6.07) is 5.85. The van der Waals surface area contributed by atoms with Crippen LogP contribution in [0.3, 0.4) is 0 Å². The predicted octanol–water partition coefficient (Wildman–Crippen LogP) is 4.30. The van der Waals surface area contributed by atoms with Crippen molar-refractivity contribution in [2.45, 2.75) is 32.0 Å². The smallest absolute Gasteiger partial charge is 0.314 e. The highest BCUT2D eigenvalue weighted by molar-refractivity contribution is 5.85. The highest BCUT2D eigenvalue weighted by atomic mass is 35.5. The molecular formula is C15H23Cl2F3N2. The topological polar surface area (TPSA) is 15.3 Å². The van der Waals surface area contributed by atoms with Gasteiger partial charge in [0.15, 0.2) is 0 Å². The van der Waals surface area contributed by atoms with Gasteiger partial charge >= 0.3 is 6.18 Å². The third-order valence-corrected chi connectivity index (χ3v) is 3.78. The average Bonchev–Trinajstić information content (AvgIpc) is 2.45. The Morgan fingerprint density at radius 2 is 1.73 bits per heavy atom. The Labute approximate surface area is 142 Å². The van der Waals surface area contributed by atoms with E-state index < -0.39 is 11.7 Å². The van der Waals surface area contributed by atoms with Gasteiger partial charge in [-0.2, -0.15) is 13.2 Å². The highest BCUT2D eigenvalue weighted by Gasteiger charge is 2.36. The molecule has 22 heavy (non-hydrogen) atoms. The lowest BCUT2D eigenvalue weighted by molar-refractivity contribution is -0.138. The van der Waals surface area contributed by atoms with Crippen LogP contribution in [0.15, 0.2) is 24.3 Å². The minimum Gasteiger partial charge on any atom is -0.314 e. The van der Waals surface area contributed by atoms with E-state index in [2.05, 4.69) is 10.2 Å². The molecule has 0 saturated carbocycles. The Balaban J connectivity index is 0.00000220. The van der Waals surface area contributed by atoms with Gasteiger partial charge in [0, 0.05) is 32.2 Å². The van der Waals surface area contributed by atoms with E-state index in [1.54, 1.807) is 12.1 Å². The Kier molecular flexibility index (Phi) is 9.39. The molecule has 1 fully saturated rings. The summed E-state index contributed by atoms with van der Waals surface area (Å²) in [5.41, 5.74) is -0.0688. The first kappa shape index (κ1) is 21.5. The second-order valence-electron chi connectivity index (χ2n) is 5.18. The first-order valence-corrected chi connectivity index (χ1v) is 7.15. The van der Waals surface area contributed by atoms with Gasteiger partial charge in [-0.05, 0) is 18.1 Å². The van der Waals surface area contributed by atoms with Crippen LogP contribution in [-0.4, -0.2) is 31.1 Å². The molecule has 7 heteroatoms. The van der Waals surface area contributed by atoms with Crippen LogP contribution in [0.2, 0.25) is 0 Å². The summed E-state index contributed by atoms with van der Waals surface area (Å²) in [5, 5.41) is 3.24. The molecule has 2 nitrogen and oxygen atoms in total. The number of alkyl halides is 3. The van der Waals surface area contributed by atoms with Crippen molar-refractivity contribution in [3.05, 3.63) is 35.4 Å². The molecule has 2 rings (SSSR count). The van der Waals surface area contributed by atoms with E-state index in [9.17, 15) is 13.2 Å². The zero-order valence-corrected chi connectivity index (χ0v) is 14.2. The van der Waals surface area contributed by atoms with Gasteiger partial charge in [-0.1, -0.05) is 31.5 Å². The van der Waals surface area contributed by atoms with Crippen LogP contribution in [-0.2, 0) is 6.18 Å². The molecule has 0 aliphatic carbocycles. The van der Waals surface area contributed by atoms with E-state index in [0.29, 0.717) is 5.56 Å². The Hall–Kier alpha value is -0.490. The molecule has 0 radical (unpaired) electrons. The molecule has 1 heterocycles. The number of rotatable bonds is 4. The van der Waals surface area contributed by atoms with Crippen LogP contribution in [0.25, 0.3) is 0 Å². The third kappa shape index (κ3) is 5.30. The van der Waals surface area contributed by atoms with Gasteiger partial charge in [0.25, 0.3) is 0 Å². The SMILES string of the molecule is CCC[C@@H](c1ccccc1C(F)(F)F)N1CCNCC1.Cl.Cl. The maximum Gasteiger partial charge on any atom is 0.416 e. The largest absolute Gasteiger partial charge is 0.416 e. The van der Waals surface area contributed by atoms with Gasteiger partial charge in [0.05, 0.1) is 5.56 Å². The fourth-order valence-corrected chi connectivity index (χ4v) is 2.85. The van der Waals surface area contributed by atoms with Crippen molar-refractivity contribution in [1.82, 2.24) is 10.2 Å². The van der Waals surface area contributed by atoms with Gasteiger partial charge < -0.3 is 5.32 Å². The van der Waals surface area contributed by atoms with Crippen molar-refractivity contribution in [3.63, 3.8) is 0 Å². The minimum atomic E-state index is -4.28. The van der Waals surface area contributed by atoms with Crippen molar-refractivity contribution in [2.24, 2.45) is 0 Å². The summed E-state index contributed by atoms with van der Waals surface area (Å²) in [7, 11) is 0. The first-order valence-electron chi connectivity index (χ1n) is 7.15. The van der Waals surface area contributed by atoms with Gasteiger partial charge in [-0.3, -0.25) is 4.90 Å². The number of benzene rings is 1. The number of halogens is 5. The molecule has 0 spiro atoms. The van der Waals surface area contributed by atoms with E-state index in [1.165, 1.54) is 12.1 Å². The van der Waals surface area contributed by atoms with Crippen molar-refractivity contribution in [2.75, 3.05) is 26.2 Å². The third-order valence-electron chi connectivity index (χ3n) is 3.78. The number of nitrogens with one attached hydrogen (secondary N) is 1. The molecule has 1 aromatic rings. The van der Waals surface area contributed by atoms with Crippen molar-refractivity contribution in [3.8, 4) is 0 Å². The van der Waals surface area contributed by atoms with Gasteiger partial charge in [0.2, 0.25) is 0 Å². The van der Waals surface area contributed by atoms with Gasteiger partial charge in [-0.15, -0.1) is 24.8 Å². The summed E-state index contributed by atoms with van der Waals surface area (Å²) >= 11 is 0.